The number of esters is 1. The summed E-state index contributed by atoms with van der Waals surface area (Å²) in [5.41, 5.74) is 3.46. The number of carbonyl (C=O) groups excluding carboxylic acids is 1. The van der Waals surface area contributed by atoms with Gasteiger partial charge >= 0.3 is 5.97 Å². The standard InChI is InChI=1S/C20H18N6O2S2/c1-11-12-6-5-9-26(20-22-14(10-29-20)18(27)28-2)17(12)25-24-16(11)23-19-21-13-7-3-4-8-15(13)30-19/h3-4,7-8,10H,5-6,9H2,1-2H3,(H,21,23,24). The van der Waals surface area contributed by atoms with Crippen LogP contribution in [0.15, 0.2) is 29.6 Å². The Morgan fingerprint density at radius 2 is 2.10 bits per heavy atom. The topological polar surface area (TPSA) is 93.1 Å². The SMILES string of the molecule is COC(=O)c1csc(N2CCCc3c2nnc(Nc2nc4ccccc4s2)c3C)n1. The van der Waals surface area contributed by atoms with Gasteiger partial charge in [0.25, 0.3) is 0 Å². The third-order valence-electron chi connectivity index (χ3n) is 5.02. The van der Waals surface area contributed by atoms with E-state index in [9.17, 15) is 4.79 Å². The van der Waals surface area contributed by atoms with E-state index in [1.54, 1.807) is 16.7 Å². The molecule has 0 saturated heterocycles. The minimum Gasteiger partial charge on any atom is -0.464 e. The van der Waals surface area contributed by atoms with Gasteiger partial charge in [0, 0.05) is 23.1 Å². The Balaban J connectivity index is 1.46. The molecule has 5 rings (SSSR count). The number of methoxy groups -OCH3 is 1. The van der Waals surface area contributed by atoms with Crippen molar-refractivity contribution in [1.29, 1.82) is 0 Å². The van der Waals surface area contributed by atoms with Crippen molar-refractivity contribution in [3.05, 3.63) is 46.5 Å². The van der Waals surface area contributed by atoms with Crippen LogP contribution in [0, 0.1) is 6.92 Å². The largest absolute Gasteiger partial charge is 0.464 e. The number of hydrogen-bond donors (Lipinski definition) is 1. The first-order valence-electron chi connectivity index (χ1n) is 9.44. The number of thiazole rings is 2. The van der Waals surface area contributed by atoms with E-state index >= 15 is 0 Å². The van der Waals surface area contributed by atoms with E-state index < -0.39 is 5.97 Å². The number of carbonyl (C=O) groups is 1. The third-order valence-corrected chi connectivity index (χ3v) is 6.84. The number of benzene rings is 1. The Morgan fingerprint density at radius 1 is 1.23 bits per heavy atom. The second kappa shape index (κ2) is 7.62. The Morgan fingerprint density at radius 3 is 2.93 bits per heavy atom. The number of nitrogens with zero attached hydrogens (tertiary/aromatic N) is 5. The van der Waals surface area contributed by atoms with Gasteiger partial charge in [0.05, 0.1) is 17.3 Å². The summed E-state index contributed by atoms with van der Waals surface area (Å²) < 4.78 is 5.89. The molecule has 4 heterocycles. The fraction of sp³-hybridized carbons (Fsp3) is 0.250. The van der Waals surface area contributed by atoms with Crippen LogP contribution in [-0.2, 0) is 11.2 Å². The molecular formula is C20H18N6O2S2. The lowest BCUT2D eigenvalue weighted by molar-refractivity contribution is 0.0595. The molecule has 0 spiro atoms. The molecule has 0 radical (unpaired) electrons. The number of fused-ring (bicyclic) bond motifs is 2. The number of ether oxygens (including phenoxy) is 1. The van der Waals surface area contributed by atoms with E-state index in [0.29, 0.717) is 11.5 Å². The van der Waals surface area contributed by atoms with Crippen LogP contribution in [0.5, 0.6) is 0 Å². The predicted octanol–water partition coefficient (Wildman–Crippen LogP) is 4.47. The zero-order valence-electron chi connectivity index (χ0n) is 16.4. The molecule has 3 aromatic heterocycles. The van der Waals surface area contributed by atoms with Crippen LogP contribution in [0.2, 0.25) is 0 Å². The summed E-state index contributed by atoms with van der Waals surface area (Å²) in [6.45, 7) is 2.83. The van der Waals surface area contributed by atoms with E-state index in [4.69, 9.17) is 4.74 Å². The van der Waals surface area contributed by atoms with Crippen molar-refractivity contribution in [2.24, 2.45) is 0 Å². The lowest BCUT2D eigenvalue weighted by Crippen LogP contribution is -2.27. The smallest absolute Gasteiger partial charge is 0.357 e. The molecule has 0 unspecified atom stereocenters. The van der Waals surface area contributed by atoms with Crippen molar-refractivity contribution < 1.29 is 9.53 Å². The molecule has 0 aliphatic carbocycles. The molecule has 30 heavy (non-hydrogen) atoms. The van der Waals surface area contributed by atoms with Crippen molar-refractivity contribution in [3.8, 4) is 0 Å². The fourth-order valence-electron chi connectivity index (χ4n) is 3.50. The molecule has 8 nitrogen and oxygen atoms in total. The minimum atomic E-state index is -0.438. The van der Waals surface area contributed by atoms with Gasteiger partial charge < -0.3 is 15.0 Å². The average Bonchev–Trinajstić information content (AvgIpc) is 3.41. The lowest BCUT2D eigenvalue weighted by Gasteiger charge is -2.28. The fourth-order valence-corrected chi connectivity index (χ4v) is 5.18. The molecule has 0 atom stereocenters. The summed E-state index contributed by atoms with van der Waals surface area (Å²) in [4.78, 5) is 22.8. The normalized spacial score (nSPS) is 13.3. The van der Waals surface area contributed by atoms with Gasteiger partial charge in [0.1, 0.15) is 0 Å². The van der Waals surface area contributed by atoms with Gasteiger partial charge in [-0.05, 0) is 31.9 Å². The molecule has 0 amide bonds. The molecule has 0 bridgehead atoms. The first-order valence-corrected chi connectivity index (χ1v) is 11.1. The molecule has 0 fully saturated rings. The molecule has 1 aliphatic rings. The highest BCUT2D eigenvalue weighted by Gasteiger charge is 2.26. The summed E-state index contributed by atoms with van der Waals surface area (Å²) in [5, 5.41) is 15.5. The van der Waals surface area contributed by atoms with Gasteiger partial charge in [-0.3, -0.25) is 0 Å². The van der Waals surface area contributed by atoms with Crippen LogP contribution in [-0.4, -0.2) is 39.8 Å². The van der Waals surface area contributed by atoms with E-state index in [0.717, 1.165) is 56.8 Å². The van der Waals surface area contributed by atoms with Crippen LogP contribution in [0.25, 0.3) is 10.2 Å². The maximum Gasteiger partial charge on any atom is 0.357 e. The van der Waals surface area contributed by atoms with Crippen molar-refractivity contribution >= 4 is 60.8 Å². The van der Waals surface area contributed by atoms with Gasteiger partial charge in [0.15, 0.2) is 27.6 Å². The first kappa shape index (κ1) is 18.9. The van der Waals surface area contributed by atoms with Crippen molar-refractivity contribution in [2.75, 3.05) is 23.9 Å². The van der Waals surface area contributed by atoms with Crippen molar-refractivity contribution in [3.63, 3.8) is 0 Å². The Bertz CT molecular complexity index is 1220. The second-order valence-corrected chi connectivity index (χ2v) is 8.72. The molecule has 4 aromatic rings. The monoisotopic (exact) mass is 438 g/mol. The first-order chi connectivity index (χ1) is 14.6. The molecule has 1 N–H and O–H groups in total. The molecule has 1 aromatic carbocycles. The highest BCUT2D eigenvalue weighted by Crippen LogP contribution is 2.37. The van der Waals surface area contributed by atoms with Gasteiger partial charge in [-0.1, -0.05) is 23.5 Å². The zero-order chi connectivity index (χ0) is 20.7. The summed E-state index contributed by atoms with van der Waals surface area (Å²) >= 11 is 2.99. The van der Waals surface area contributed by atoms with Crippen LogP contribution in [0.4, 0.5) is 21.9 Å². The molecule has 10 heteroatoms. The molecule has 152 valence electrons. The number of rotatable bonds is 4. The van der Waals surface area contributed by atoms with E-state index in [1.165, 1.54) is 18.4 Å². The minimum absolute atomic E-state index is 0.309. The number of aromatic nitrogens is 4. The maximum absolute atomic E-state index is 11.8. The number of hydrogen-bond acceptors (Lipinski definition) is 10. The van der Waals surface area contributed by atoms with E-state index in [2.05, 4.69) is 31.5 Å². The van der Waals surface area contributed by atoms with Gasteiger partial charge in [0.2, 0.25) is 0 Å². The Labute approximate surface area is 180 Å². The van der Waals surface area contributed by atoms with Crippen LogP contribution in [0.1, 0.15) is 28.0 Å². The van der Waals surface area contributed by atoms with Gasteiger partial charge in [-0.15, -0.1) is 21.5 Å². The Kier molecular flexibility index (Phi) is 4.80. The highest BCUT2D eigenvalue weighted by molar-refractivity contribution is 7.22. The summed E-state index contributed by atoms with van der Waals surface area (Å²) in [7, 11) is 1.35. The molecule has 1 aliphatic heterocycles. The summed E-state index contributed by atoms with van der Waals surface area (Å²) in [6.07, 6.45) is 1.88. The van der Waals surface area contributed by atoms with E-state index in [1.807, 2.05) is 30.0 Å². The van der Waals surface area contributed by atoms with Crippen LogP contribution >= 0.6 is 22.7 Å². The molecular weight excluding hydrogens is 420 g/mol. The van der Waals surface area contributed by atoms with Gasteiger partial charge in [-0.2, -0.15) is 0 Å². The number of para-hydroxylation sites is 1. The number of anilines is 4. The van der Waals surface area contributed by atoms with Gasteiger partial charge in [-0.25, -0.2) is 14.8 Å². The molecule has 0 saturated carbocycles. The second-order valence-electron chi connectivity index (χ2n) is 6.85. The average molecular weight is 439 g/mol. The maximum atomic E-state index is 11.8. The number of nitrogens with one attached hydrogen (secondary N) is 1. The lowest BCUT2D eigenvalue weighted by atomic mass is 10.0. The Hall–Kier alpha value is -3.11. The predicted molar refractivity (Wildman–Crippen MR) is 118 cm³/mol. The van der Waals surface area contributed by atoms with Crippen molar-refractivity contribution in [2.45, 2.75) is 19.8 Å². The quantitative estimate of drug-likeness (QED) is 0.467. The summed E-state index contributed by atoms with van der Waals surface area (Å²) in [6, 6.07) is 8.04. The van der Waals surface area contributed by atoms with Crippen molar-refractivity contribution in [1.82, 2.24) is 20.2 Å². The third kappa shape index (κ3) is 3.27. The van der Waals surface area contributed by atoms with E-state index in [-0.39, 0.29) is 0 Å². The summed E-state index contributed by atoms with van der Waals surface area (Å²) in [5.74, 6) is 1.07. The van der Waals surface area contributed by atoms with Crippen LogP contribution in [0.3, 0.4) is 0 Å². The highest BCUT2D eigenvalue weighted by atomic mass is 32.1. The van der Waals surface area contributed by atoms with Crippen LogP contribution < -0.4 is 10.2 Å². The zero-order valence-corrected chi connectivity index (χ0v) is 18.0.